The Hall–Kier alpha value is -2.99. The third-order valence-corrected chi connectivity index (χ3v) is 3.64. The number of pyridine rings is 1. The summed E-state index contributed by atoms with van der Waals surface area (Å²) in [5, 5.41) is 3.06. The van der Waals surface area contributed by atoms with E-state index < -0.39 is 0 Å². The van der Waals surface area contributed by atoms with E-state index in [1.54, 1.807) is 60.4 Å². The van der Waals surface area contributed by atoms with Crippen molar-refractivity contribution in [2.24, 2.45) is 7.05 Å². The van der Waals surface area contributed by atoms with Gasteiger partial charge >= 0.3 is 0 Å². The summed E-state index contributed by atoms with van der Waals surface area (Å²) in [6.07, 6.45) is 4.68. The molecule has 0 aliphatic rings. The molecule has 7 heteroatoms. The molecule has 0 saturated heterocycles. The van der Waals surface area contributed by atoms with Crippen LogP contribution in [-0.2, 0) is 7.05 Å². The van der Waals surface area contributed by atoms with Crippen LogP contribution in [0.4, 0.5) is 5.69 Å². The number of imidazole rings is 1. The summed E-state index contributed by atoms with van der Waals surface area (Å²) >= 11 is 5.70. The number of aromatic nitrogens is 3. The first-order valence-electron chi connectivity index (χ1n) is 7.09. The third-order valence-electron chi connectivity index (χ3n) is 3.42. The van der Waals surface area contributed by atoms with Crippen molar-refractivity contribution in [1.82, 2.24) is 14.5 Å². The zero-order valence-electron chi connectivity index (χ0n) is 12.7. The van der Waals surface area contributed by atoms with Gasteiger partial charge in [0.2, 0.25) is 5.78 Å². The Balaban J connectivity index is 1.73. The average molecular weight is 341 g/mol. The second kappa shape index (κ2) is 6.64. The minimum absolute atomic E-state index is 0.178. The highest BCUT2D eigenvalue weighted by atomic mass is 35.5. The van der Waals surface area contributed by atoms with Gasteiger partial charge in [0.25, 0.3) is 5.91 Å². The standard InChI is InChI=1S/C17H13ClN4O2/c1-22-9-8-19-16(22)15(23)11-2-5-13(6-3-11)21-17(24)12-4-7-14(18)20-10-12/h2-10H,1H3,(H,21,24). The first-order valence-corrected chi connectivity index (χ1v) is 7.47. The van der Waals surface area contributed by atoms with Crippen molar-refractivity contribution in [3.63, 3.8) is 0 Å². The minimum atomic E-state index is -0.303. The van der Waals surface area contributed by atoms with Crippen LogP contribution in [0.3, 0.4) is 0 Å². The predicted octanol–water partition coefficient (Wildman–Crippen LogP) is 2.95. The Morgan fingerprint density at radius 3 is 2.33 bits per heavy atom. The second-order valence-corrected chi connectivity index (χ2v) is 5.48. The number of ketones is 1. The predicted molar refractivity (Wildman–Crippen MR) is 90.3 cm³/mol. The van der Waals surface area contributed by atoms with Gasteiger partial charge in [0.15, 0.2) is 5.82 Å². The molecule has 1 N–H and O–H groups in total. The van der Waals surface area contributed by atoms with Crippen molar-refractivity contribution in [2.45, 2.75) is 0 Å². The maximum Gasteiger partial charge on any atom is 0.257 e. The normalized spacial score (nSPS) is 10.4. The molecule has 0 aliphatic carbocycles. The maximum atomic E-state index is 12.3. The van der Waals surface area contributed by atoms with Crippen molar-refractivity contribution >= 4 is 29.0 Å². The van der Waals surface area contributed by atoms with Gasteiger partial charge in [-0.3, -0.25) is 9.59 Å². The summed E-state index contributed by atoms with van der Waals surface area (Å²) in [6, 6.07) is 9.75. The molecule has 2 aromatic heterocycles. The summed E-state index contributed by atoms with van der Waals surface area (Å²) in [5.41, 5.74) is 1.47. The van der Waals surface area contributed by atoms with Crippen LogP contribution >= 0.6 is 11.6 Å². The summed E-state index contributed by atoms with van der Waals surface area (Å²) in [7, 11) is 1.76. The fourth-order valence-corrected chi connectivity index (χ4v) is 2.24. The Bertz CT molecular complexity index is 886. The molecule has 0 saturated carbocycles. The highest BCUT2D eigenvalue weighted by Crippen LogP contribution is 2.14. The number of carbonyl (C=O) groups excluding carboxylic acids is 2. The molecule has 1 amide bonds. The molecular formula is C17H13ClN4O2. The first kappa shape index (κ1) is 15.9. The fourth-order valence-electron chi connectivity index (χ4n) is 2.13. The number of carbonyl (C=O) groups is 2. The van der Waals surface area contributed by atoms with E-state index in [-0.39, 0.29) is 11.7 Å². The van der Waals surface area contributed by atoms with Crippen molar-refractivity contribution in [3.05, 3.63) is 77.1 Å². The van der Waals surface area contributed by atoms with Crippen LogP contribution in [0.25, 0.3) is 0 Å². The molecular weight excluding hydrogens is 328 g/mol. The van der Waals surface area contributed by atoms with E-state index >= 15 is 0 Å². The number of nitrogens with one attached hydrogen (secondary N) is 1. The molecule has 0 fully saturated rings. The van der Waals surface area contributed by atoms with Crippen molar-refractivity contribution in [1.29, 1.82) is 0 Å². The largest absolute Gasteiger partial charge is 0.331 e. The highest BCUT2D eigenvalue weighted by molar-refractivity contribution is 6.29. The quantitative estimate of drug-likeness (QED) is 0.585. The van der Waals surface area contributed by atoms with Gasteiger partial charge in [0, 0.05) is 36.9 Å². The Kier molecular flexibility index (Phi) is 4.39. The van der Waals surface area contributed by atoms with Crippen molar-refractivity contribution in [2.75, 3.05) is 5.32 Å². The van der Waals surface area contributed by atoms with Crippen molar-refractivity contribution in [3.8, 4) is 0 Å². The Morgan fingerprint density at radius 1 is 1.04 bits per heavy atom. The highest BCUT2D eigenvalue weighted by Gasteiger charge is 2.14. The van der Waals surface area contributed by atoms with E-state index in [4.69, 9.17) is 11.6 Å². The molecule has 0 atom stereocenters. The van der Waals surface area contributed by atoms with Gasteiger partial charge in [-0.2, -0.15) is 0 Å². The Labute approximate surface area is 143 Å². The molecule has 0 radical (unpaired) electrons. The number of nitrogens with zero attached hydrogens (tertiary/aromatic N) is 3. The topological polar surface area (TPSA) is 76.9 Å². The van der Waals surface area contributed by atoms with Gasteiger partial charge in [-0.1, -0.05) is 11.6 Å². The lowest BCUT2D eigenvalue weighted by atomic mass is 10.1. The number of aryl methyl sites for hydroxylation is 1. The number of hydrogen-bond acceptors (Lipinski definition) is 4. The van der Waals surface area contributed by atoms with Crippen LogP contribution < -0.4 is 5.32 Å². The van der Waals surface area contributed by atoms with E-state index in [0.29, 0.717) is 27.8 Å². The van der Waals surface area contributed by atoms with Crippen LogP contribution in [0.1, 0.15) is 26.5 Å². The SMILES string of the molecule is Cn1ccnc1C(=O)c1ccc(NC(=O)c2ccc(Cl)nc2)cc1. The lowest BCUT2D eigenvalue weighted by molar-refractivity contribution is 0.102. The van der Waals surface area contributed by atoms with Crippen LogP contribution in [0.2, 0.25) is 5.15 Å². The molecule has 1 aromatic carbocycles. The van der Waals surface area contributed by atoms with E-state index in [0.717, 1.165) is 0 Å². The van der Waals surface area contributed by atoms with E-state index in [2.05, 4.69) is 15.3 Å². The molecule has 3 aromatic rings. The number of benzene rings is 1. The van der Waals surface area contributed by atoms with Gasteiger partial charge in [0.05, 0.1) is 5.56 Å². The number of amides is 1. The smallest absolute Gasteiger partial charge is 0.257 e. The molecule has 0 bridgehead atoms. The minimum Gasteiger partial charge on any atom is -0.331 e. The van der Waals surface area contributed by atoms with E-state index in [1.807, 2.05) is 0 Å². The van der Waals surface area contributed by atoms with Crippen LogP contribution in [0.15, 0.2) is 55.0 Å². The number of halogens is 1. The number of anilines is 1. The molecule has 2 heterocycles. The molecule has 3 rings (SSSR count). The summed E-state index contributed by atoms with van der Waals surface area (Å²) in [6.45, 7) is 0. The van der Waals surface area contributed by atoms with E-state index in [1.165, 1.54) is 6.20 Å². The molecule has 0 aliphatic heterocycles. The number of hydrogen-bond donors (Lipinski definition) is 1. The van der Waals surface area contributed by atoms with Gasteiger partial charge in [-0.25, -0.2) is 9.97 Å². The van der Waals surface area contributed by atoms with Gasteiger partial charge in [-0.15, -0.1) is 0 Å². The summed E-state index contributed by atoms with van der Waals surface area (Å²) < 4.78 is 1.66. The lowest BCUT2D eigenvalue weighted by Gasteiger charge is -2.06. The monoisotopic (exact) mass is 340 g/mol. The van der Waals surface area contributed by atoms with Crippen LogP contribution in [0.5, 0.6) is 0 Å². The van der Waals surface area contributed by atoms with Gasteiger partial charge in [-0.05, 0) is 36.4 Å². The second-order valence-electron chi connectivity index (χ2n) is 5.09. The van der Waals surface area contributed by atoms with Crippen LogP contribution in [0, 0.1) is 0 Å². The maximum absolute atomic E-state index is 12.3. The summed E-state index contributed by atoms with van der Waals surface area (Å²) in [5.74, 6) is -0.122. The molecule has 0 unspecified atom stereocenters. The lowest BCUT2D eigenvalue weighted by Crippen LogP contribution is -2.12. The van der Waals surface area contributed by atoms with Crippen molar-refractivity contribution < 1.29 is 9.59 Å². The third kappa shape index (κ3) is 3.33. The van der Waals surface area contributed by atoms with Gasteiger partial charge in [0.1, 0.15) is 5.15 Å². The van der Waals surface area contributed by atoms with E-state index in [9.17, 15) is 9.59 Å². The van der Waals surface area contributed by atoms with Crippen LogP contribution in [-0.4, -0.2) is 26.2 Å². The zero-order valence-corrected chi connectivity index (χ0v) is 13.5. The molecule has 24 heavy (non-hydrogen) atoms. The summed E-state index contributed by atoms with van der Waals surface area (Å²) in [4.78, 5) is 32.3. The first-order chi connectivity index (χ1) is 11.5. The van der Waals surface area contributed by atoms with Gasteiger partial charge < -0.3 is 9.88 Å². The zero-order chi connectivity index (χ0) is 17.1. The molecule has 0 spiro atoms. The average Bonchev–Trinajstić information content (AvgIpc) is 3.01. The number of rotatable bonds is 4. The fraction of sp³-hybridized carbons (Fsp3) is 0.0588. The Morgan fingerprint density at radius 2 is 1.75 bits per heavy atom. The molecule has 6 nitrogen and oxygen atoms in total. The molecule has 120 valence electrons.